The Morgan fingerprint density at radius 3 is 2.94 bits per heavy atom. The molecule has 1 amide bonds. The van der Waals surface area contributed by atoms with Crippen LogP contribution in [0.5, 0.6) is 0 Å². The van der Waals surface area contributed by atoms with Crippen LogP contribution in [0.2, 0.25) is 0 Å². The molecule has 190 valence electrons. The Morgan fingerprint density at radius 2 is 2.17 bits per heavy atom. The molecule has 2 N–H and O–H groups in total. The zero-order chi connectivity index (χ0) is 25.4. The van der Waals surface area contributed by atoms with E-state index in [0.717, 1.165) is 5.57 Å². The van der Waals surface area contributed by atoms with Gasteiger partial charge < -0.3 is 15.4 Å². The number of thioether (sulfide) groups is 1. The van der Waals surface area contributed by atoms with Crippen molar-refractivity contribution >= 4 is 29.1 Å². The lowest BCUT2D eigenvalue weighted by atomic mass is 9.92. The molecule has 1 aromatic carbocycles. The number of nitrogens with two attached hydrogens (primary N) is 1. The second-order valence-electron chi connectivity index (χ2n) is 9.10. The number of carbonyl (C=O) groups is 1. The Morgan fingerprint density at radius 1 is 1.33 bits per heavy atom. The van der Waals surface area contributed by atoms with Gasteiger partial charge in [-0.3, -0.25) is 9.80 Å². The lowest BCUT2D eigenvalue weighted by Gasteiger charge is -2.32. The Labute approximate surface area is 211 Å². The highest BCUT2D eigenvalue weighted by Gasteiger charge is 2.36. The molecule has 4 aliphatic rings. The fourth-order valence-electron chi connectivity index (χ4n) is 4.61. The molecule has 5 rings (SSSR count). The van der Waals surface area contributed by atoms with Crippen molar-refractivity contribution in [2.24, 2.45) is 21.7 Å². The van der Waals surface area contributed by atoms with Crippen molar-refractivity contribution in [3.05, 3.63) is 69.7 Å². The summed E-state index contributed by atoms with van der Waals surface area (Å²) in [5.74, 6) is -0.393. The first kappa shape index (κ1) is 24.8. The van der Waals surface area contributed by atoms with Gasteiger partial charge in [0.25, 0.3) is 5.91 Å². The molecule has 1 fully saturated rings. The molecule has 3 unspecified atom stereocenters. The summed E-state index contributed by atoms with van der Waals surface area (Å²) >= 11 is 1.33. The average Bonchev–Trinajstić information content (AvgIpc) is 3.42. The largest absolute Gasteiger partial charge is 0.416 e. The second-order valence-corrected chi connectivity index (χ2v) is 10.1. The van der Waals surface area contributed by atoms with E-state index in [0.29, 0.717) is 41.9 Å². The standard InChI is InChI=1S/C25H26F3N5O2S/c1-15-2-4-17(20(8-15)25(26,27)28)13-33-21-5-3-16(9-18(21)12-30-33)10-22-23(34)31-24(36-22)32-6-7-35-19(11-29)14-32/h2-5,8-10,12,18-19,21H,6-7,11,13-14,29H2,1H3/b22-10-. The molecule has 1 saturated heterocycles. The fraction of sp³-hybridized carbons (Fsp3) is 0.400. The number of aliphatic imine (C=N–C) groups is 1. The van der Waals surface area contributed by atoms with Gasteiger partial charge in [0.1, 0.15) is 0 Å². The van der Waals surface area contributed by atoms with Gasteiger partial charge in [0.2, 0.25) is 0 Å². The van der Waals surface area contributed by atoms with E-state index in [-0.39, 0.29) is 36.1 Å². The molecule has 36 heavy (non-hydrogen) atoms. The minimum Gasteiger partial charge on any atom is -0.373 e. The number of hydrogen-bond donors (Lipinski definition) is 1. The lowest BCUT2D eigenvalue weighted by Crippen LogP contribution is -2.47. The van der Waals surface area contributed by atoms with Crippen LogP contribution in [0.25, 0.3) is 0 Å². The third kappa shape index (κ3) is 5.14. The van der Waals surface area contributed by atoms with Gasteiger partial charge in [0, 0.05) is 31.8 Å². The molecule has 3 aliphatic heterocycles. The highest BCUT2D eigenvalue weighted by Crippen LogP contribution is 2.36. The number of nitrogens with zero attached hydrogens (tertiary/aromatic N) is 4. The number of allylic oxidation sites excluding steroid dienone is 3. The number of amidine groups is 1. The summed E-state index contributed by atoms with van der Waals surface area (Å²) in [6.07, 6.45) is 4.81. The average molecular weight is 518 g/mol. The van der Waals surface area contributed by atoms with E-state index in [2.05, 4.69) is 10.1 Å². The molecule has 3 atom stereocenters. The molecule has 3 heterocycles. The number of aryl methyl sites for hydroxylation is 1. The number of carbonyl (C=O) groups excluding carboxylic acids is 1. The number of amides is 1. The van der Waals surface area contributed by atoms with E-state index >= 15 is 0 Å². The maximum absolute atomic E-state index is 13.6. The number of hydrogen-bond acceptors (Lipinski definition) is 7. The van der Waals surface area contributed by atoms with Gasteiger partial charge in [-0.05, 0) is 42.0 Å². The van der Waals surface area contributed by atoms with Crippen LogP contribution in [-0.2, 0) is 22.3 Å². The van der Waals surface area contributed by atoms with Crippen LogP contribution >= 0.6 is 11.8 Å². The number of ether oxygens (including phenoxy) is 1. The van der Waals surface area contributed by atoms with Crippen LogP contribution in [0, 0.1) is 12.8 Å². The number of hydrazone groups is 1. The summed E-state index contributed by atoms with van der Waals surface area (Å²) in [6.45, 7) is 3.89. The van der Waals surface area contributed by atoms with E-state index in [4.69, 9.17) is 10.5 Å². The monoisotopic (exact) mass is 517 g/mol. The van der Waals surface area contributed by atoms with Gasteiger partial charge in [-0.25, -0.2) is 0 Å². The zero-order valence-corrected chi connectivity index (χ0v) is 20.4. The quantitative estimate of drug-likeness (QED) is 0.616. The SMILES string of the molecule is Cc1ccc(CN2N=CC3C=C(/C=C4\SC(N5CCOC(CN)C5)=NC4=O)C=CC32)c(C(F)(F)F)c1. The highest BCUT2D eigenvalue weighted by atomic mass is 32.2. The molecule has 0 saturated carbocycles. The number of benzene rings is 1. The van der Waals surface area contributed by atoms with Crippen LogP contribution in [0.3, 0.4) is 0 Å². The highest BCUT2D eigenvalue weighted by molar-refractivity contribution is 8.18. The number of rotatable bonds is 4. The number of morpholine rings is 1. The van der Waals surface area contributed by atoms with E-state index in [1.165, 1.54) is 23.9 Å². The summed E-state index contributed by atoms with van der Waals surface area (Å²) < 4.78 is 46.3. The minimum absolute atomic E-state index is 0.0519. The third-order valence-corrected chi connectivity index (χ3v) is 7.52. The van der Waals surface area contributed by atoms with E-state index in [1.54, 1.807) is 30.3 Å². The van der Waals surface area contributed by atoms with E-state index in [1.807, 2.05) is 23.1 Å². The van der Waals surface area contributed by atoms with Crippen molar-refractivity contribution in [1.29, 1.82) is 0 Å². The molecular weight excluding hydrogens is 491 g/mol. The van der Waals surface area contributed by atoms with Crippen LogP contribution in [0.4, 0.5) is 13.2 Å². The first-order valence-corrected chi connectivity index (χ1v) is 12.5. The van der Waals surface area contributed by atoms with Crippen molar-refractivity contribution in [2.45, 2.75) is 31.8 Å². The topological polar surface area (TPSA) is 83.5 Å². The molecule has 0 spiro atoms. The first-order valence-electron chi connectivity index (χ1n) is 11.7. The normalized spacial score (nSPS) is 27.1. The third-order valence-electron chi connectivity index (χ3n) is 6.48. The molecular formula is C25H26F3N5O2S. The van der Waals surface area contributed by atoms with Crippen molar-refractivity contribution < 1.29 is 22.7 Å². The predicted molar refractivity (Wildman–Crippen MR) is 133 cm³/mol. The van der Waals surface area contributed by atoms with E-state index < -0.39 is 11.7 Å². The summed E-state index contributed by atoms with van der Waals surface area (Å²) in [5.41, 5.74) is 6.67. The van der Waals surface area contributed by atoms with Gasteiger partial charge in [0.15, 0.2) is 5.17 Å². The molecule has 0 aromatic heterocycles. The molecule has 0 radical (unpaired) electrons. The van der Waals surface area contributed by atoms with Crippen molar-refractivity contribution in [3.63, 3.8) is 0 Å². The molecule has 1 aliphatic carbocycles. The Bertz CT molecular complexity index is 1210. The Balaban J connectivity index is 1.26. The summed E-state index contributed by atoms with van der Waals surface area (Å²) in [6, 6.07) is 4.19. The Hall–Kier alpha value is -2.89. The van der Waals surface area contributed by atoms with Gasteiger partial charge in [-0.1, -0.05) is 35.9 Å². The number of fused-ring (bicyclic) bond motifs is 1. The van der Waals surface area contributed by atoms with Crippen molar-refractivity contribution in [1.82, 2.24) is 9.91 Å². The van der Waals surface area contributed by atoms with Gasteiger partial charge in [-0.2, -0.15) is 23.3 Å². The number of halogens is 3. The van der Waals surface area contributed by atoms with Crippen LogP contribution in [0.15, 0.2) is 63.1 Å². The second kappa shape index (κ2) is 9.87. The van der Waals surface area contributed by atoms with Crippen molar-refractivity contribution in [2.75, 3.05) is 26.2 Å². The summed E-state index contributed by atoms with van der Waals surface area (Å²) in [7, 11) is 0. The summed E-state index contributed by atoms with van der Waals surface area (Å²) in [5, 5.41) is 6.71. The van der Waals surface area contributed by atoms with Crippen LogP contribution in [-0.4, -0.2) is 65.6 Å². The predicted octanol–water partition coefficient (Wildman–Crippen LogP) is 3.47. The fourth-order valence-corrected chi connectivity index (χ4v) is 5.56. The van der Waals surface area contributed by atoms with Gasteiger partial charge >= 0.3 is 6.18 Å². The lowest BCUT2D eigenvalue weighted by molar-refractivity contribution is -0.138. The summed E-state index contributed by atoms with van der Waals surface area (Å²) in [4.78, 5) is 19.3. The molecule has 0 bridgehead atoms. The molecule has 1 aromatic rings. The maximum atomic E-state index is 13.6. The van der Waals surface area contributed by atoms with Crippen LogP contribution in [0.1, 0.15) is 16.7 Å². The Kier molecular flexibility index (Phi) is 6.80. The van der Waals surface area contributed by atoms with Gasteiger partial charge in [0.05, 0.1) is 35.8 Å². The first-order chi connectivity index (χ1) is 17.2. The zero-order valence-electron chi connectivity index (χ0n) is 19.6. The number of alkyl halides is 3. The minimum atomic E-state index is -4.43. The van der Waals surface area contributed by atoms with Crippen molar-refractivity contribution in [3.8, 4) is 0 Å². The van der Waals surface area contributed by atoms with Gasteiger partial charge in [-0.15, -0.1) is 0 Å². The van der Waals surface area contributed by atoms with E-state index in [9.17, 15) is 18.0 Å². The maximum Gasteiger partial charge on any atom is 0.416 e. The smallest absolute Gasteiger partial charge is 0.373 e. The van der Waals surface area contributed by atoms with Crippen LogP contribution < -0.4 is 5.73 Å². The molecule has 7 nitrogen and oxygen atoms in total. The molecule has 11 heteroatoms.